The third kappa shape index (κ3) is 1.76. The molecule has 2 rings (SSSR count). The van der Waals surface area contributed by atoms with Crippen LogP contribution in [0, 0.1) is 0 Å². The molecule has 4 heteroatoms. The minimum atomic E-state index is -0.776. The summed E-state index contributed by atoms with van der Waals surface area (Å²) in [6, 6.07) is 9.58. The molecule has 0 aromatic heterocycles. The molecular weight excluding hydrogens is 204 g/mol. The molecule has 1 aliphatic heterocycles. The van der Waals surface area contributed by atoms with E-state index < -0.39 is 5.54 Å². The van der Waals surface area contributed by atoms with Crippen molar-refractivity contribution in [3.05, 3.63) is 30.3 Å². The van der Waals surface area contributed by atoms with Crippen LogP contribution in [0.5, 0.6) is 0 Å². The van der Waals surface area contributed by atoms with E-state index in [1.54, 1.807) is 0 Å². The lowest BCUT2D eigenvalue weighted by Gasteiger charge is -2.30. The topological polar surface area (TPSA) is 64.3 Å². The number of carbonyl (C=O) groups excluding carboxylic acids is 1. The van der Waals surface area contributed by atoms with Gasteiger partial charge in [-0.2, -0.15) is 0 Å². The molecule has 0 aliphatic carbocycles. The van der Waals surface area contributed by atoms with E-state index in [9.17, 15) is 4.79 Å². The first kappa shape index (κ1) is 11.0. The number of primary amides is 1. The van der Waals surface area contributed by atoms with Crippen LogP contribution in [-0.4, -0.2) is 24.2 Å². The summed E-state index contributed by atoms with van der Waals surface area (Å²) in [5, 5.41) is 3.20. The van der Waals surface area contributed by atoms with Crippen molar-refractivity contribution in [1.29, 1.82) is 0 Å². The zero-order valence-electron chi connectivity index (χ0n) is 9.27. The highest BCUT2D eigenvalue weighted by atomic mass is 16.5. The number of hydrogen-bond donors (Lipinski definition) is 2. The van der Waals surface area contributed by atoms with Gasteiger partial charge in [-0.1, -0.05) is 18.2 Å². The van der Waals surface area contributed by atoms with E-state index in [4.69, 9.17) is 10.5 Å². The summed E-state index contributed by atoms with van der Waals surface area (Å²) >= 11 is 0. The largest absolute Gasteiger partial charge is 0.375 e. The number of nitrogens with two attached hydrogens (primary N) is 1. The van der Waals surface area contributed by atoms with Crippen LogP contribution < -0.4 is 11.1 Å². The first-order valence-corrected chi connectivity index (χ1v) is 5.40. The third-order valence-electron chi connectivity index (χ3n) is 3.14. The molecule has 86 valence electrons. The number of ether oxygens (including phenoxy) is 1. The molecule has 2 atom stereocenters. The lowest BCUT2D eigenvalue weighted by molar-refractivity contribution is -0.123. The molecule has 1 amide bonds. The summed E-state index contributed by atoms with van der Waals surface area (Å²) in [5.74, 6) is -0.360. The normalized spacial score (nSPS) is 28.9. The molecule has 3 N–H and O–H groups in total. The quantitative estimate of drug-likeness (QED) is 0.802. The van der Waals surface area contributed by atoms with Gasteiger partial charge in [0.1, 0.15) is 5.54 Å². The van der Waals surface area contributed by atoms with Gasteiger partial charge in [-0.15, -0.1) is 0 Å². The Morgan fingerprint density at radius 2 is 2.19 bits per heavy atom. The Morgan fingerprint density at radius 3 is 2.69 bits per heavy atom. The van der Waals surface area contributed by atoms with Gasteiger partial charge >= 0.3 is 0 Å². The minimum absolute atomic E-state index is 0.204. The molecule has 1 aromatic carbocycles. The van der Waals surface area contributed by atoms with Crippen LogP contribution in [-0.2, 0) is 9.53 Å². The monoisotopic (exact) mass is 220 g/mol. The summed E-state index contributed by atoms with van der Waals surface area (Å²) in [5.41, 5.74) is 5.60. The lowest BCUT2D eigenvalue weighted by Crippen LogP contribution is -2.55. The highest BCUT2D eigenvalue weighted by Crippen LogP contribution is 2.29. The molecule has 0 radical (unpaired) electrons. The zero-order valence-corrected chi connectivity index (χ0v) is 9.27. The SMILES string of the molecule is CC1OCCC1(Nc1ccccc1)C(N)=O. The third-order valence-corrected chi connectivity index (χ3v) is 3.14. The predicted molar refractivity (Wildman–Crippen MR) is 62.0 cm³/mol. The number of anilines is 1. The second-order valence-electron chi connectivity index (χ2n) is 4.09. The Balaban J connectivity index is 2.25. The van der Waals surface area contributed by atoms with Crippen molar-refractivity contribution in [2.24, 2.45) is 5.73 Å². The summed E-state index contributed by atoms with van der Waals surface area (Å²) in [4.78, 5) is 11.6. The number of benzene rings is 1. The van der Waals surface area contributed by atoms with E-state index >= 15 is 0 Å². The van der Waals surface area contributed by atoms with E-state index in [2.05, 4.69) is 5.32 Å². The van der Waals surface area contributed by atoms with E-state index in [0.29, 0.717) is 13.0 Å². The predicted octanol–water partition coefficient (Wildman–Crippen LogP) is 1.13. The molecule has 1 aromatic rings. The maximum absolute atomic E-state index is 11.6. The molecule has 1 aliphatic rings. The van der Waals surface area contributed by atoms with Gasteiger partial charge in [0.25, 0.3) is 0 Å². The molecule has 0 bridgehead atoms. The highest BCUT2D eigenvalue weighted by molar-refractivity contribution is 5.89. The van der Waals surface area contributed by atoms with Crippen molar-refractivity contribution in [2.45, 2.75) is 25.0 Å². The average Bonchev–Trinajstić information content (AvgIpc) is 2.63. The van der Waals surface area contributed by atoms with Crippen LogP contribution in [0.4, 0.5) is 5.69 Å². The number of hydrogen-bond acceptors (Lipinski definition) is 3. The first-order valence-electron chi connectivity index (χ1n) is 5.40. The Labute approximate surface area is 94.8 Å². The van der Waals surface area contributed by atoms with Gasteiger partial charge in [0.15, 0.2) is 0 Å². The smallest absolute Gasteiger partial charge is 0.245 e. The van der Waals surface area contributed by atoms with Crippen LogP contribution >= 0.6 is 0 Å². The number of para-hydroxylation sites is 1. The summed E-state index contributed by atoms with van der Waals surface area (Å²) in [6.45, 7) is 2.43. The fraction of sp³-hybridized carbons (Fsp3) is 0.417. The molecule has 16 heavy (non-hydrogen) atoms. The van der Waals surface area contributed by atoms with Crippen LogP contribution in [0.3, 0.4) is 0 Å². The molecule has 0 spiro atoms. The second kappa shape index (κ2) is 4.14. The Hall–Kier alpha value is -1.55. The number of carbonyl (C=O) groups is 1. The van der Waals surface area contributed by atoms with E-state index in [1.807, 2.05) is 37.3 Å². The molecule has 4 nitrogen and oxygen atoms in total. The van der Waals surface area contributed by atoms with Gasteiger partial charge in [-0.3, -0.25) is 4.79 Å². The van der Waals surface area contributed by atoms with Gasteiger partial charge in [-0.25, -0.2) is 0 Å². The zero-order chi connectivity index (χ0) is 11.6. The number of rotatable bonds is 3. The first-order chi connectivity index (χ1) is 7.65. The Kier molecular flexibility index (Phi) is 2.83. The van der Waals surface area contributed by atoms with Crippen LogP contribution in [0.15, 0.2) is 30.3 Å². The highest BCUT2D eigenvalue weighted by Gasteiger charge is 2.46. The van der Waals surface area contributed by atoms with Crippen LogP contribution in [0.1, 0.15) is 13.3 Å². The van der Waals surface area contributed by atoms with Crippen LogP contribution in [0.25, 0.3) is 0 Å². The minimum Gasteiger partial charge on any atom is -0.375 e. The summed E-state index contributed by atoms with van der Waals surface area (Å²) < 4.78 is 5.44. The van der Waals surface area contributed by atoms with Crippen molar-refractivity contribution in [1.82, 2.24) is 0 Å². The summed E-state index contributed by atoms with van der Waals surface area (Å²) in [6.07, 6.45) is 0.406. The van der Waals surface area contributed by atoms with Gasteiger partial charge in [0.2, 0.25) is 5.91 Å². The Morgan fingerprint density at radius 1 is 1.50 bits per heavy atom. The molecule has 0 saturated carbocycles. The summed E-state index contributed by atoms with van der Waals surface area (Å²) in [7, 11) is 0. The lowest BCUT2D eigenvalue weighted by atomic mass is 9.90. The maximum atomic E-state index is 11.6. The molecule has 2 unspecified atom stereocenters. The maximum Gasteiger partial charge on any atom is 0.245 e. The van der Waals surface area contributed by atoms with Crippen molar-refractivity contribution >= 4 is 11.6 Å². The molecule has 1 saturated heterocycles. The van der Waals surface area contributed by atoms with Crippen molar-refractivity contribution in [2.75, 3.05) is 11.9 Å². The fourth-order valence-corrected chi connectivity index (χ4v) is 2.07. The molecular formula is C12H16N2O2. The fourth-order valence-electron chi connectivity index (χ4n) is 2.07. The van der Waals surface area contributed by atoms with E-state index in [-0.39, 0.29) is 12.0 Å². The van der Waals surface area contributed by atoms with Crippen LogP contribution in [0.2, 0.25) is 0 Å². The van der Waals surface area contributed by atoms with Gasteiger partial charge < -0.3 is 15.8 Å². The number of nitrogens with one attached hydrogen (secondary N) is 1. The molecule has 1 heterocycles. The van der Waals surface area contributed by atoms with Gasteiger partial charge in [-0.05, 0) is 19.1 Å². The number of amides is 1. The average molecular weight is 220 g/mol. The van der Waals surface area contributed by atoms with Crippen molar-refractivity contribution in [3.63, 3.8) is 0 Å². The van der Waals surface area contributed by atoms with Crippen molar-refractivity contribution < 1.29 is 9.53 Å². The van der Waals surface area contributed by atoms with E-state index in [0.717, 1.165) is 5.69 Å². The van der Waals surface area contributed by atoms with Crippen molar-refractivity contribution in [3.8, 4) is 0 Å². The second-order valence-corrected chi connectivity index (χ2v) is 4.09. The molecule has 1 fully saturated rings. The van der Waals surface area contributed by atoms with E-state index in [1.165, 1.54) is 0 Å². The standard InChI is InChI=1S/C12H16N2O2/c1-9-12(11(13)15,7-8-16-9)14-10-5-3-2-4-6-10/h2-6,9,14H,7-8H2,1H3,(H2,13,15). The Bertz CT molecular complexity index is 380. The van der Waals surface area contributed by atoms with Gasteiger partial charge in [0, 0.05) is 18.7 Å². The van der Waals surface area contributed by atoms with Gasteiger partial charge in [0.05, 0.1) is 6.10 Å².